The van der Waals surface area contributed by atoms with Crippen molar-refractivity contribution in [3.63, 3.8) is 0 Å². The molecule has 0 saturated heterocycles. The van der Waals surface area contributed by atoms with Crippen molar-refractivity contribution in [2.75, 3.05) is 13.2 Å². The maximum absolute atomic E-state index is 11.1. The van der Waals surface area contributed by atoms with Gasteiger partial charge in [0.2, 0.25) is 0 Å². The summed E-state index contributed by atoms with van der Waals surface area (Å²) in [4.78, 5) is 62.4. The van der Waals surface area contributed by atoms with Crippen LogP contribution in [-0.4, -0.2) is 68.8 Å². The predicted octanol–water partition coefficient (Wildman–Crippen LogP) is -2.62. The van der Waals surface area contributed by atoms with Gasteiger partial charge >= 0.3 is 30.5 Å². The number of amides is 5. The molecule has 0 aromatic rings. The van der Waals surface area contributed by atoms with E-state index in [-0.39, 0.29) is 0 Å². The number of carbonyl (C=O) groups excluding carboxylic acids is 6. The first-order chi connectivity index (χ1) is 12.5. The molecule has 0 aliphatic rings. The predicted molar refractivity (Wildman–Crippen MR) is 81.6 cm³/mol. The van der Waals surface area contributed by atoms with Crippen molar-refractivity contribution in [3.05, 3.63) is 0 Å². The Kier molecular flexibility index (Phi) is 12.5. The number of rotatable bonds is 9. The number of nitrogens with two attached hydrogens (primary N) is 5. The van der Waals surface area contributed by atoms with Crippen LogP contribution in [0.25, 0.3) is 0 Å². The molecule has 0 saturated carbocycles. The summed E-state index contributed by atoms with van der Waals surface area (Å²) in [5.74, 6) is 0. The Balaban J connectivity index is 0. The molecule has 10 N–H and O–H groups in total. The summed E-state index contributed by atoms with van der Waals surface area (Å²) in [6.45, 7) is 0.427. The molecule has 16 heteroatoms. The van der Waals surface area contributed by atoms with E-state index in [0.29, 0.717) is 0 Å². The van der Waals surface area contributed by atoms with Crippen LogP contribution >= 0.6 is 0 Å². The van der Waals surface area contributed by atoms with Crippen molar-refractivity contribution in [2.24, 2.45) is 28.7 Å². The quantitative estimate of drug-likeness (QED) is 0.251. The third-order valence-electron chi connectivity index (χ3n) is 2.30. The van der Waals surface area contributed by atoms with Crippen molar-refractivity contribution in [3.8, 4) is 0 Å². The first-order valence-electron chi connectivity index (χ1n) is 6.54. The van der Waals surface area contributed by atoms with Crippen LogP contribution in [0, 0.1) is 0 Å². The fourth-order valence-electron chi connectivity index (χ4n) is 1.54. The molecule has 0 aliphatic carbocycles. The standard InChI is InChI=1S/C10H17N5O10.CH2O/c11-6(16)21-1-3(23-8(13)18)5(25-10(15)20)4(24-9(14)19)2-22-7(12)17;1-2/h3-5H,1-2H2,(H2,11,16)(H2,12,17)(H2,13,18)(H2,14,19)(H2,15,20);1H2/t3-,4+,5?;. The van der Waals surface area contributed by atoms with Crippen molar-refractivity contribution >= 4 is 37.3 Å². The minimum atomic E-state index is -1.75. The molecular weight excluding hydrogens is 378 g/mol. The Morgan fingerprint density at radius 2 is 0.889 bits per heavy atom. The lowest BCUT2D eigenvalue weighted by Crippen LogP contribution is -2.51. The van der Waals surface area contributed by atoms with Crippen LogP contribution in [0.1, 0.15) is 0 Å². The molecular formula is C11H19N5O11. The minimum absolute atomic E-state index is 0.786. The highest BCUT2D eigenvalue weighted by Crippen LogP contribution is 2.15. The van der Waals surface area contributed by atoms with Crippen LogP contribution in [0.3, 0.4) is 0 Å². The van der Waals surface area contributed by atoms with Crippen LogP contribution in [0.5, 0.6) is 0 Å². The third-order valence-corrected chi connectivity index (χ3v) is 2.30. The molecule has 0 aliphatic heterocycles. The van der Waals surface area contributed by atoms with E-state index in [1.54, 1.807) is 0 Å². The number of ether oxygens (including phenoxy) is 5. The Morgan fingerprint density at radius 3 is 1.11 bits per heavy atom. The van der Waals surface area contributed by atoms with Crippen molar-refractivity contribution in [2.45, 2.75) is 18.3 Å². The minimum Gasteiger partial charge on any atom is -0.446 e. The summed E-state index contributed by atoms with van der Waals surface area (Å²) >= 11 is 0. The van der Waals surface area contributed by atoms with Crippen LogP contribution in [0.4, 0.5) is 24.0 Å². The molecule has 0 spiro atoms. The molecule has 0 fully saturated rings. The van der Waals surface area contributed by atoms with Crippen LogP contribution < -0.4 is 28.7 Å². The summed E-state index contributed by atoms with van der Waals surface area (Å²) in [6.07, 6.45) is -11.8. The van der Waals surface area contributed by atoms with Gasteiger partial charge in [-0.3, -0.25) is 0 Å². The maximum Gasteiger partial charge on any atom is 0.405 e. The topological polar surface area (TPSA) is 279 Å². The van der Waals surface area contributed by atoms with Crippen LogP contribution in [-0.2, 0) is 28.5 Å². The van der Waals surface area contributed by atoms with E-state index >= 15 is 0 Å². The average molecular weight is 397 g/mol. The van der Waals surface area contributed by atoms with Gasteiger partial charge in [0, 0.05) is 0 Å². The number of primary amides is 5. The molecule has 0 heterocycles. The lowest BCUT2D eigenvalue weighted by atomic mass is 10.1. The Bertz CT molecular complexity index is 505. The average Bonchev–Trinajstić information content (AvgIpc) is 2.54. The Hall–Kier alpha value is -3.98. The molecule has 0 aromatic carbocycles. The fourth-order valence-corrected chi connectivity index (χ4v) is 1.54. The van der Waals surface area contributed by atoms with Crippen LogP contribution in [0.15, 0.2) is 0 Å². The molecule has 0 bridgehead atoms. The summed E-state index contributed by atoms with van der Waals surface area (Å²) in [5, 5.41) is 0. The second-order valence-corrected chi connectivity index (χ2v) is 4.11. The second kappa shape index (κ2) is 13.3. The van der Waals surface area contributed by atoms with E-state index in [9.17, 15) is 24.0 Å². The SMILES string of the molecule is C=O.NC(=O)OC[C@H](OC(N)=O)C(OC(N)=O)[C@@H](COC(N)=O)OC(N)=O. The third kappa shape index (κ3) is 13.0. The van der Waals surface area contributed by atoms with E-state index in [2.05, 4.69) is 23.7 Å². The van der Waals surface area contributed by atoms with E-state index < -0.39 is 62.0 Å². The van der Waals surface area contributed by atoms with Gasteiger partial charge in [-0.25, -0.2) is 24.0 Å². The molecule has 16 nitrogen and oxygen atoms in total. The van der Waals surface area contributed by atoms with Crippen molar-refractivity contribution in [1.29, 1.82) is 0 Å². The number of hydrogen-bond donors (Lipinski definition) is 5. The van der Waals surface area contributed by atoms with Gasteiger partial charge in [0.15, 0.2) is 18.3 Å². The van der Waals surface area contributed by atoms with Gasteiger partial charge in [0.1, 0.15) is 20.0 Å². The normalized spacial score (nSPS) is 12.6. The van der Waals surface area contributed by atoms with Gasteiger partial charge in [-0.15, -0.1) is 0 Å². The monoisotopic (exact) mass is 397 g/mol. The highest BCUT2D eigenvalue weighted by Gasteiger charge is 2.39. The zero-order valence-electron chi connectivity index (χ0n) is 13.7. The van der Waals surface area contributed by atoms with Crippen molar-refractivity contribution in [1.82, 2.24) is 0 Å². The number of hydrogen-bond acceptors (Lipinski definition) is 11. The molecule has 3 atom stereocenters. The Morgan fingerprint density at radius 1 is 0.593 bits per heavy atom. The molecule has 0 rings (SSSR count). The zero-order chi connectivity index (χ0) is 21.6. The highest BCUT2D eigenvalue weighted by atomic mass is 16.6. The van der Waals surface area contributed by atoms with Gasteiger partial charge in [-0.2, -0.15) is 0 Å². The van der Waals surface area contributed by atoms with Gasteiger partial charge < -0.3 is 57.1 Å². The molecule has 154 valence electrons. The molecule has 0 radical (unpaired) electrons. The first kappa shape index (κ1) is 25.3. The first-order valence-corrected chi connectivity index (χ1v) is 6.54. The van der Waals surface area contributed by atoms with Gasteiger partial charge in [0.25, 0.3) is 0 Å². The van der Waals surface area contributed by atoms with Gasteiger partial charge in [0.05, 0.1) is 0 Å². The highest BCUT2D eigenvalue weighted by molar-refractivity contribution is 5.68. The van der Waals surface area contributed by atoms with E-state index in [0.717, 1.165) is 0 Å². The van der Waals surface area contributed by atoms with E-state index in [1.807, 2.05) is 6.79 Å². The fraction of sp³-hybridized carbons (Fsp3) is 0.455. The van der Waals surface area contributed by atoms with Gasteiger partial charge in [-0.05, 0) is 0 Å². The van der Waals surface area contributed by atoms with E-state index in [4.69, 9.17) is 33.5 Å². The lowest BCUT2D eigenvalue weighted by Gasteiger charge is -2.30. The van der Waals surface area contributed by atoms with E-state index in [1.165, 1.54) is 0 Å². The van der Waals surface area contributed by atoms with Crippen LogP contribution in [0.2, 0.25) is 0 Å². The Labute approximate surface area is 151 Å². The largest absolute Gasteiger partial charge is 0.446 e. The summed E-state index contributed by atoms with van der Waals surface area (Å²) in [5.41, 5.74) is 24.1. The summed E-state index contributed by atoms with van der Waals surface area (Å²) < 4.78 is 22.7. The molecule has 5 amide bonds. The zero-order valence-corrected chi connectivity index (χ0v) is 13.7. The smallest absolute Gasteiger partial charge is 0.405 e. The summed E-state index contributed by atoms with van der Waals surface area (Å²) in [7, 11) is 0. The molecule has 1 unspecified atom stereocenters. The lowest BCUT2D eigenvalue weighted by molar-refractivity contribution is -0.0980. The van der Waals surface area contributed by atoms with Crippen molar-refractivity contribution < 1.29 is 52.5 Å². The number of carbonyl (C=O) groups is 6. The molecule has 27 heavy (non-hydrogen) atoms. The summed E-state index contributed by atoms with van der Waals surface area (Å²) in [6, 6.07) is 0. The maximum atomic E-state index is 11.1. The molecule has 0 aromatic heterocycles. The second-order valence-electron chi connectivity index (χ2n) is 4.11. The van der Waals surface area contributed by atoms with Gasteiger partial charge in [-0.1, -0.05) is 0 Å².